The third kappa shape index (κ3) is 2.45. The number of alkyl halides is 1. The van der Waals surface area contributed by atoms with E-state index in [4.69, 9.17) is 34.8 Å². The SMILES string of the molecule is ClCc1nc(-c2ccc(Cl)c(Cl)c2)cs1. The Bertz CT molecular complexity index is 481. The average Bonchev–Trinajstić information content (AvgIpc) is 2.70. The predicted octanol–water partition coefficient (Wildman–Crippen LogP) is 4.86. The Hall–Kier alpha value is -0.280. The number of thiazole rings is 1. The maximum absolute atomic E-state index is 5.92. The summed E-state index contributed by atoms with van der Waals surface area (Å²) in [6, 6.07) is 5.46. The van der Waals surface area contributed by atoms with Gasteiger partial charge in [0, 0.05) is 10.9 Å². The maximum Gasteiger partial charge on any atom is 0.108 e. The third-order valence-corrected chi connectivity index (χ3v) is 3.88. The number of benzene rings is 1. The van der Waals surface area contributed by atoms with Crippen LogP contribution < -0.4 is 0 Å². The van der Waals surface area contributed by atoms with Gasteiger partial charge < -0.3 is 0 Å². The topological polar surface area (TPSA) is 12.9 Å². The Morgan fingerprint density at radius 1 is 1.20 bits per heavy atom. The minimum atomic E-state index is 0.436. The number of aromatic nitrogens is 1. The van der Waals surface area contributed by atoms with Gasteiger partial charge in [0.15, 0.2) is 0 Å². The molecule has 0 aliphatic rings. The molecule has 0 aliphatic heterocycles. The van der Waals surface area contributed by atoms with Crippen LogP contribution in [-0.2, 0) is 5.88 Å². The molecule has 0 saturated carbocycles. The number of hydrogen-bond acceptors (Lipinski definition) is 2. The van der Waals surface area contributed by atoms with E-state index in [-0.39, 0.29) is 0 Å². The van der Waals surface area contributed by atoms with Crippen molar-refractivity contribution in [2.24, 2.45) is 0 Å². The lowest BCUT2D eigenvalue weighted by atomic mass is 10.2. The van der Waals surface area contributed by atoms with Gasteiger partial charge in [0.2, 0.25) is 0 Å². The molecule has 0 fully saturated rings. The van der Waals surface area contributed by atoms with Crippen LogP contribution in [0.1, 0.15) is 5.01 Å². The van der Waals surface area contributed by atoms with E-state index in [1.54, 1.807) is 12.1 Å². The molecule has 2 rings (SSSR count). The van der Waals surface area contributed by atoms with Gasteiger partial charge in [0.1, 0.15) is 5.01 Å². The normalized spacial score (nSPS) is 10.6. The minimum absolute atomic E-state index is 0.436. The number of nitrogens with zero attached hydrogens (tertiary/aromatic N) is 1. The lowest BCUT2D eigenvalue weighted by molar-refractivity contribution is 1.26. The first kappa shape index (κ1) is 11.2. The quantitative estimate of drug-likeness (QED) is 0.715. The summed E-state index contributed by atoms with van der Waals surface area (Å²) >= 11 is 19.0. The third-order valence-electron chi connectivity index (χ3n) is 1.88. The lowest BCUT2D eigenvalue weighted by Crippen LogP contribution is -1.80. The van der Waals surface area contributed by atoms with Crippen molar-refractivity contribution in [2.45, 2.75) is 5.88 Å². The van der Waals surface area contributed by atoms with Gasteiger partial charge in [-0.15, -0.1) is 22.9 Å². The summed E-state index contributed by atoms with van der Waals surface area (Å²) in [7, 11) is 0. The van der Waals surface area contributed by atoms with E-state index in [1.807, 2.05) is 11.4 Å². The van der Waals surface area contributed by atoms with Crippen LogP contribution in [0.25, 0.3) is 11.3 Å². The van der Waals surface area contributed by atoms with Gasteiger partial charge >= 0.3 is 0 Å². The average molecular weight is 279 g/mol. The van der Waals surface area contributed by atoms with Crippen LogP contribution in [0.2, 0.25) is 10.0 Å². The first-order chi connectivity index (χ1) is 7.20. The van der Waals surface area contributed by atoms with Gasteiger partial charge in [-0.05, 0) is 12.1 Å². The summed E-state index contributed by atoms with van der Waals surface area (Å²) < 4.78 is 0. The summed E-state index contributed by atoms with van der Waals surface area (Å²) in [5, 5.41) is 3.94. The van der Waals surface area contributed by atoms with E-state index in [9.17, 15) is 0 Å². The fourth-order valence-corrected chi connectivity index (χ4v) is 2.36. The summed E-state index contributed by atoms with van der Waals surface area (Å²) in [5.74, 6) is 0.436. The van der Waals surface area contributed by atoms with Crippen LogP contribution in [0.4, 0.5) is 0 Å². The highest BCUT2D eigenvalue weighted by molar-refractivity contribution is 7.10. The lowest BCUT2D eigenvalue weighted by Gasteiger charge is -1.99. The molecule has 0 aliphatic carbocycles. The molecule has 0 atom stereocenters. The van der Waals surface area contributed by atoms with Crippen molar-refractivity contribution in [1.82, 2.24) is 4.98 Å². The van der Waals surface area contributed by atoms with Gasteiger partial charge in [-0.25, -0.2) is 4.98 Å². The molecule has 78 valence electrons. The molecule has 1 nitrogen and oxygen atoms in total. The fraction of sp³-hybridized carbons (Fsp3) is 0.100. The molecule has 1 aromatic heterocycles. The molecule has 2 aromatic rings. The zero-order valence-electron chi connectivity index (χ0n) is 7.51. The molecule has 0 saturated heterocycles. The smallest absolute Gasteiger partial charge is 0.108 e. The summed E-state index contributed by atoms with van der Waals surface area (Å²) in [6.45, 7) is 0. The second-order valence-corrected chi connectivity index (χ2v) is 4.91. The molecule has 1 aromatic carbocycles. The number of hydrogen-bond donors (Lipinski definition) is 0. The Kier molecular flexibility index (Phi) is 3.52. The fourth-order valence-electron chi connectivity index (χ4n) is 1.16. The second kappa shape index (κ2) is 4.71. The highest BCUT2D eigenvalue weighted by Gasteiger charge is 2.05. The van der Waals surface area contributed by atoms with Gasteiger partial charge in [0.25, 0.3) is 0 Å². The van der Waals surface area contributed by atoms with Gasteiger partial charge in [-0.3, -0.25) is 0 Å². The molecule has 0 bridgehead atoms. The van der Waals surface area contributed by atoms with Crippen LogP contribution in [0.5, 0.6) is 0 Å². The highest BCUT2D eigenvalue weighted by Crippen LogP contribution is 2.29. The first-order valence-electron chi connectivity index (χ1n) is 4.16. The van der Waals surface area contributed by atoms with Crippen LogP contribution in [0, 0.1) is 0 Å². The van der Waals surface area contributed by atoms with Crippen molar-refractivity contribution in [3.63, 3.8) is 0 Å². The van der Waals surface area contributed by atoms with E-state index in [0.29, 0.717) is 15.9 Å². The van der Waals surface area contributed by atoms with E-state index in [2.05, 4.69) is 4.98 Å². The molecule has 0 radical (unpaired) electrons. The Labute approximate surface area is 107 Å². The zero-order chi connectivity index (χ0) is 10.8. The molecule has 0 amide bonds. The van der Waals surface area contributed by atoms with Crippen molar-refractivity contribution in [2.75, 3.05) is 0 Å². The van der Waals surface area contributed by atoms with E-state index < -0.39 is 0 Å². The zero-order valence-corrected chi connectivity index (χ0v) is 10.6. The van der Waals surface area contributed by atoms with Gasteiger partial charge in [0.05, 0.1) is 21.6 Å². The van der Waals surface area contributed by atoms with Crippen molar-refractivity contribution >= 4 is 46.1 Å². The maximum atomic E-state index is 5.92. The van der Waals surface area contributed by atoms with Crippen molar-refractivity contribution < 1.29 is 0 Å². The first-order valence-corrected chi connectivity index (χ1v) is 6.33. The second-order valence-electron chi connectivity index (χ2n) is 2.89. The number of rotatable bonds is 2. The molecular weight excluding hydrogens is 273 g/mol. The summed E-state index contributed by atoms with van der Waals surface area (Å²) in [6.07, 6.45) is 0. The largest absolute Gasteiger partial charge is 0.240 e. The van der Waals surface area contributed by atoms with Crippen LogP contribution >= 0.6 is 46.1 Å². The van der Waals surface area contributed by atoms with Crippen molar-refractivity contribution in [1.29, 1.82) is 0 Å². The molecule has 0 unspecified atom stereocenters. The molecule has 1 heterocycles. The summed E-state index contributed by atoms with van der Waals surface area (Å²) in [4.78, 5) is 4.35. The monoisotopic (exact) mass is 277 g/mol. The van der Waals surface area contributed by atoms with Gasteiger partial charge in [-0.2, -0.15) is 0 Å². The van der Waals surface area contributed by atoms with E-state index >= 15 is 0 Å². The predicted molar refractivity (Wildman–Crippen MR) is 67.1 cm³/mol. The summed E-state index contributed by atoms with van der Waals surface area (Å²) in [5.41, 5.74) is 1.84. The van der Waals surface area contributed by atoms with Gasteiger partial charge in [-0.1, -0.05) is 29.3 Å². The van der Waals surface area contributed by atoms with E-state index in [1.165, 1.54) is 11.3 Å². The molecule has 0 spiro atoms. The number of halogens is 3. The Balaban J connectivity index is 2.40. The molecular formula is C10H6Cl3NS. The van der Waals surface area contributed by atoms with Crippen LogP contribution in [0.15, 0.2) is 23.6 Å². The van der Waals surface area contributed by atoms with Crippen molar-refractivity contribution in [3.05, 3.63) is 38.6 Å². The molecule has 0 N–H and O–H groups in total. The molecule has 15 heavy (non-hydrogen) atoms. The van der Waals surface area contributed by atoms with Crippen molar-refractivity contribution in [3.8, 4) is 11.3 Å². The van der Waals surface area contributed by atoms with E-state index in [0.717, 1.165) is 16.3 Å². The highest BCUT2D eigenvalue weighted by atomic mass is 35.5. The van der Waals surface area contributed by atoms with Crippen LogP contribution in [0.3, 0.4) is 0 Å². The molecule has 5 heteroatoms. The standard InChI is InChI=1S/C10H6Cl3NS/c11-4-10-14-9(5-15-10)6-1-2-7(12)8(13)3-6/h1-3,5H,4H2. The Morgan fingerprint density at radius 3 is 2.60 bits per heavy atom. The Morgan fingerprint density at radius 2 is 2.00 bits per heavy atom. The van der Waals surface area contributed by atoms with Crippen LogP contribution in [-0.4, -0.2) is 4.98 Å². The minimum Gasteiger partial charge on any atom is -0.240 e.